The van der Waals surface area contributed by atoms with Crippen molar-refractivity contribution in [3.8, 4) is 0 Å². The van der Waals surface area contributed by atoms with Crippen molar-refractivity contribution in [1.82, 2.24) is 5.32 Å². The van der Waals surface area contributed by atoms with Crippen molar-refractivity contribution in [3.05, 3.63) is 138 Å². The van der Waals surface area contributed by atoms with E-state index in [-0.39, 0.29) is 18.2 Å². The third-order valence-corrected chi connectivity index (χ3v) is 10.0. The van der Waals surface area contributed by atoms with E-state index >= 15 is 0 Å². The van der Waals surface area contributed by atoms with Crippen molar-refractivity contribution in [1.29, 1.82) is 0 Å². The molecule has 0 amide bonds. The second-order valence-electron chi connectivity index (χ2n) is 11.0. The van der Waals surface area contributed by atoms with Crippen LogP contribution in [0.15, 0.2) is 132 Å². The number of hydrogen-bond donors (Lipinski definition) is 1. The molecule has 0 radical (unpaired) electrons. The maximum atomic E-state index is 5.52. The minimum Gasteiger partial charge on any atom is -0.350 e. The van der Waals surface area contributed by atoms with E-state index in [1.165, 1.54) is 59.0 Å². The summed E-state index contributed by atoms with van der Waals surface area (Å²) in [5.41, 5.74) is 7.56. The zero-order chi connectivity index (χ0) is 26.2. The Balaban J connectivity index is 1.35. The fourth-order valence-corrected chi connectivity index (χ4v) is 8.48. The third-order valence-electron chi connectivity index (χ3n) is 8.86. The first kappa shape index (κ1) is 22.4. The van der Waals surface area contributed by atoms with Crippen molar-refractivity contribution in [2.24, 2.45) is 4.99 Å². The maximum Gasteiger partial charge on any atom is 0.197 e. The molecule has 1 aromatic heterocycles. The van der Waals surface area contributed by atoms with Crippen LogP contribution in [0.4, 0.5) is 5.69 Å². The topological polar surface area (TPSA) is 27.6 Å². The summed E-state index contributed by atoms with van der Waals surface area (Å²) in [5, 5.41) is 9.35. The number of aliphatic imine (C=N–C) groups is 1. The third kappa shape index (κ3) is 3.08. The molecule has 192 valence electrons. The van der Waals surface area contributed by atoms with Gasteiger partial charge < -0.3 is 10.2 Å². The number of rotatable bonds is 2. The highest BCUT2D eigenvalue weighted by Crippen LogP contribution is 2.55. The molecule has 0 fully saturated rings. The number of anilines is 1. The van der Waals surface area contributed by atoms with E-state index in [0.29, 0.717) is 0 Å². The molecule has 3 atom stereocenters. The standard InChI is InChI=1S/C36H27N3S/c1-2-12-22(13-3-1)33-25-16-6-9-19-28(25)37-36(38-33)39-29-20-10-7-17-26(29)31-23-14-4-5-15-24(23)32-27-18-8-11-21-30(27)40-35(32)34(31)39/h1-8,10-18,20-21,26,29,36-37H,9,19H2. The highest BCUT2D eigenvalue weighted by atomic mass is 32.1. The lowest BCUT2D eigenvalue weighted by Gasteiger charge is -2.39. The highest BCUT2D eigenvalue weighted by molar-refractivity contribution is 7.26. The summed E-state index contributed by atoms with van der Waals surface area (Å²) < 4.78 is 2.71. The maximum absolute atomic E-state index is 5.52. The largest absolute Gasteiger partial charge is 0.350 e. The zero-order valence-corrected chi connectivity index (χ0v) is 22.7. The normalized spacial score (nSPS) is 22.9. The van der Waals surface area contributed by atoms with Gasteiger partial charge in [-0.3, -0.25) is 0 Å². The van der Waals surface area contributed by atoms with Crippen LogP contribution in [0.25, 0.3) is 30.9 Å². The van der Waals surface area contributed by atoms with Crippen LogP contribution in [0.2, 0.25) is 0 Å². The van der Waals surface area contributed by atoms with Gasteiger partial charge in [-0.15, -0.1) is 11.3 Å². The van der Waals surface area contributed by atoms with Crippen LogP contribution < -0.4 is 10.2 Å². The molecule has 2 aliphatic carbocycles. The summed E-state index contributed by atoms with van der Waals surface area (Å²) in [6.45, 7) is 0. The van der Waals surface area contributed by atoms with Gasteiger partial charge in [-0.1, -0.05) is 109 Å². The Morgan fingerprint density at radius 1 is 0.825 bits per heavy atom. The molecule has 40 heavy (non-hydrogen) atoms. The molecule has 5 aromatic rings. The number of thiophene rings is 1. The fourth-order valence-electron chi connectivity index (χ4n) is 7.20. The van der Waals surface area contributed by atoms with Crippen molar-refractivity contribution in [3.63, 3.8) is 0 Å². The Labute approximate surface area is 237 Å². The Bertz CT molecular complexity index is 2010. The number of nitrogens with one attached hydrogen (secondary N) is 1. The molecular weight excluding hydrogens is 506 g/mol. The van der Waals surface area contributed by atoms with Gasteiger partial charge >= 0.3 is 0 Å². The van der Waals surface area contributed by atoms with Gasteiger partial charge in [-0.25, -0.2) is 4.99 Å². The van der Waals surface area contributed by atoms with Crippen molar-refractivity contribution in [2.75, 3.05) is 4.90 Å². The van der Waals surface area contributed by atoms with Crippen molar-refractivity contribution in [2.45, 2.75) is 31.1 Å². The van der Waals surface area contributed by atoms with Crippen LogP contribution in [0, 0.1) is 0 Å². The molecule has 2 aliphatic heterocycles. The molecule has 3 unspecified atom stereocenters. The van der Waals surface area contributed by atoms with Crippen LogP contribution >= 0.6 is 11.3 Å². The Morgan fingerprint density at radius 2 is 1.60 bits per heavy atom. The van der Waals surface area contributed by atoms with Crippen LogP contribution in [-0.4, -0.2) is 18.0 Å². The van der Waals surface area contributed by atoms with Crippen LogP contribution in [-0.2, 0) is 0 Å². The van der Waals surface area contributed by atoms with E-state index in [4.69, 9.17) is 4.99 Å². The summed E-state index contributed by atoms with van der Waals surface area (Å²) >= 11 is 1.93. The molecule has 3 nitrogen and oxygen atoms in total. The summed E-state index contributed by atoms with van der Waals surface area (Å²) in [6.07, 6.45) is 15.6. The number of benzene rings is 4. The van der Waals surface area contributed by atoms with E-state index in [9.17, 15) is 0 Å². The first-order valence-electron chi connectivity index (χ1n) is 14.2. The van der Waals surface area contributed by atoms with E-state index in [1.54, 1.807) is 0 Å². The highest BCUT2D eigenvalue weighted by Gasteiger charge is 2.44. The first-order valence-corrected chi connectivity index (χ1v) is 15.0. The van der Waals surface area contributed by atoms with E-state index in [1.807, 2.05) is 11.3 Å². The van der Waals surface area contributed by atoms with Gasteiger partial charge in [-0.2, -0.15) is 0 Å². The summed E-state index contributed by atoms with van der Waals surface area (Å²) in [5.74, 6) is 0.276. The van der Waals surface area contributed by atoms with Gasteiger partial charge in [0.2, 0.25) is 0 Å². The molecule has 3 heterocycles. The molecule has 0 bridgehead atoms. The average molecular weight is 534 g/mol. The lowest BCUT2D eigenvalue weighted by Crippen LogP contribution is -2.51. The zero-order valence-electron chi connectivity index (χ0n) is 21.9. The van der Waals surface area contributed by atoms with Gasteiger partial charge in [-0.05, 0) is 35.2 Å². The molecule has 0 saturated heterocycles. The van der Waals surface area contributed by atoms with Crippen LogP contribution in [0.1, 0.15) is 29.9 Å². The van der Waals surface area contributed by atoms with E-state index in [2.05, 4.69) is 126 Å². The smallest absolute Gasteiger partial charge is 0.197 e. The molecule has 1 N–H and O–H groups in total. The molecule has 9 rings (SSSR count). The molecular formula is C36H27N3S. The van der Waals surface area contributed by atoms with Gasteiger partial charge in [0.1, 0.15) is 0 Å². The average Bonchev–Trinajstić information content (AvgIpc) is 3.58. The predicted molar refractivity (Wildman–Crippen MR) is 169 cm³/mol. The number of allylic oxidation sites excluding steroid dienone is 6. The van der Waals surface area contributed by atoms with E-state index in [0.717, 1.165) is 18.6 Å². The minimum absolute atomic E-state index is 0.193. The number of nitrogens with zero attached hydrogens (tertiary/aromatic N) is 2. The molecule has 4 heteroatoms. The van der Waals surface area contributed by atoms with Gasteiger partial charge in [0, 0.05) is 38.2 Å². The fraction of sp³-hybridized carbons (Fsp3) is 0.139. The van der Waals surface area contributed by atoms with Crippen LogP contribution in [0.5, 0.6) is 0 Å². The summed E-state index contributed by atoms with van der Waals surface area (Å²) in [4.78, 5) is 8.11. The second kappa shape index (κ2) is 8.54. The summed E-state index contributed by atoms with van der Waals surface area (Å²) in [6, 6.07) is 28.8. The van der Waals surface area contributed by atoms with Gasteiger partial charge in [0.25, 0.3) is 0 Å². The van der Waals surface area contributed by atoms with Crippen LogP contribution in [0.3, 0.4) is 0 Å². The van der Waals surface area contributed by atoms with Gasteiger partial charge in [0.05, 0.1) is 22.1 Å². The number of hydrogen-bond acceptors (Lipinski definition) is 4. The Kier molecular flexibility index (Phi) is 4.79. The Hall–Kier alpha value is -4.41. The molecule has 4 aromatic carbocycles. The lowest BCUT2D eigenvalue weighted by atomic mass is 9.87. The monoisotopic (exact) mass is 533 g/mol. The van der Waals surface area contributed by atoms with E-state index < -0.39 is 0 Å². The quantitative estimate of drug-likeness (QED) is 0.246. The predicted octanol–water partition coefficient (Wildman–Crippen LogP) is 8.59. The van der Waals surface area contributed by atoms with Crippen molar-refractivity contribution >= 4 is 53.7 Å². The Morgan fingerprint density at radius 3 is 2.50 bits per heavy atom. The summed E-state index contributed by atoms with van der Waals surface area (Å²) in [7, 11) is 0. The molecule has 4 aliphatic rings. The van der Waals surface area contributed by atoms with Gasteiger partial charge in [0.15, 0.2) is 6.29 Å². The molecule has 0 saturated carbocycles. The second-order valence-corrected chi connectivity index (χ2v) is 12.1. The lowest BCUT2D eigenvalue weighted by molar-refractivity contribution is 0.499. The number of fused-ring (bicyclic) bond motifs is 10. The SMILES string of the molecule is C1=CC2c3c(c4sc5ccccc5c4c4ccccc34)N(C3N=C(c4ccccc4)C4=C(CCC=C4)N3)C2C=C1. The molecule has 0 spiro atoms. The first-order chi connectivity index (χ1) is 19.9. The minimum atomic E-state index is -0.195. The van der Waals surface area contributed by atoms with Crippen molar-refractivity contribution < 1.29 is 0 Å².